The minimum Gasteiger partial charge on any atom is -0.371 e. The van der Waals surface area contributed by atoms with Crippen LogP contribution < -0.4 is 0 Å². The number of halogens is 3. The lowest BCUT2D eigenvalue weighted by Crippen LogP contribution is -2.41. The van der Waals surface area contributed by atoms with Crippen molar-refractivity contribution in [3.05, 3.63) is 71.8 Å². The molecule has 0 heterocycles. The van der Waals surface area contributed by atoms with E-state index < -0.39 is 12.3 Å². The lowest BCUT2D eigenvalue weighted by atomic mass is 10.1. The van der Waals surface area contributed by atoms with Gasteiger partial charge in [-0.2, -0.15) is 13.2 Å². The second-order valence-electron chi connectivity index (χ2n) is 5.41. The second-order valence-corrected chi connectivity index (χ2v) is 5.41. The van der Waals surface area contributed by atoms with Gasteiger partial charge in [-0.25, -0.2) is 0 Å². The molecule has 124 valence electrons. The van der Waals surface area contributed by atoms with Gasteiger partial charge in [0.15, 0.2) is 6.10 Å². The van der Waals surface area contributed by atoms with E-state index in [9.17, 15) is 13.2 Å². The van der Waals surface area contributed by atoms with Crippen molar-refractivity contribution in [3.8, 4) is 0 Å². The van der Waals surface area contributed by atoms with E-state index in [1.54, 1.807) is 4.90 Å². The number of ether oxygens (including phenoxy) is 1. The molecule has 5 heteroatoms. The van der Waals surface area contributed by atoms with Crippen molar-refractivity contribution in [1.29, 1.82) is 0 Å². The third-order valence-electron chi connectivity index (χ3n) is 3.57. The predicted octanol–water partition coefficient (Wildman–Crippen LogP) is 4.27. The summed E-state index contributed by atoms with van der Waals surface area (Å²) >= 11 is 0. The van der Waals surface area contributed by atoms with E-state index in [1.807, 2.05) is 60.7 Å². The molecule has 0 radical (unpaired) electrons. The molecular weight excluding hydrogens is 303 g/mol. The Morgan fingerprint density at radius 3 is 1.65 bits per heavy atom. The first-order valence-corrected chi connectivity index (χ1v) is 7.38. The molecule has 0 aliphatic heterocycles. The molecule has 0 amide bonds. The topological polar surface area (TPSA) is 12.5 Å². The summed E-state index contributed by atoms with van der Waals surface area (Å²) < 4.78 is 43.7. The van der Waals surface area contributed by atoms with Gasteiger partial charge in [0.05, 0.1) is 0 Å². The number of rotatable bonds is 7. The fourth-order valence-corrected chi connectivity index (χ4v) is 2.41. The number of hydrogen-bond acceptors (Lipinski definition) is 2. The summed E-state index contributed by atoms with van der Waals surface area (Å²) in [6.07, 6.45) is -6.17. The number of hydrogen-bond donors (Lipinski definition) is 0. The highest BCUT2D eigenvalue weighted by Gasteiger charge is 2.40. The van der Waals surface area contributed by atoms with Gasteiger partial charge in [0.1, 0.15) is 0 Å². The number of alkyl halides is 3. The summed E-state index contributed by atoms with van der Waals surface area (Å²) in [5.41, 5.74) is 1.95. The maximum atomic E-state index is 13.0. The highest BCUT2D eigenvalue weighted by Crippen LogP contribution is 2.24. The third kappa shape index (κ3) is 5.69. The largest absolute Gasteiger partial charge is 0.415 e. The van der Waals surface area contributed by atoms with Crippen LogP contribution in [0.15, 0.2) is 60.7 Å². The van der Waals surface area contributed by atoms with Crippen LogP contribution in [0, 0.1) is 0 Å². The molecule has 2 aromatic carbocycles. The van der Waals surface area contributed by atoms with E-state index in [4.69, 9.17) is 0 Å². The molecule has 2 aromatic rings. The van der Waals surface area contributed by atoms with Gasteiger partial charge in [-0.3, -0.25) is 4.90 Å². The minimum atomic E-state index is -4.37. The molecule has 2 nitrogen and oxygen atoms in total. The fraction of sp³-hybridized carbons (Fsp3) is 0.333. The van der Waals surface area contributed by atoms with Crippen LogP contribution in [0.1, 0.15) is 11.1 Å². The summed E-state index contributed by atoms with van der Waals surface area (Å²) in [6, 6.07) is 18.9. The lowest BCUT2D eigenvalue weighted by Gasteiger charge is -2.28. The lowest BCUT2D eigenvalue weighted by molar-refractivity contribution is -0.217. The van der Waals surface area contributed by atoms with Crippen LogP contribution in [0.5, 0.6) is 0 Å². The first-order chi connectivity index (χ1) is 11.0. The SMILES string of the molecule is COC(CN(Cc1ccccc1)Cc1ccccc1)C(F)(F)F. The zero-order valence-corrected chi connectivity index (χ0v) is 13.0. The van der Waals surface area contributed by atoms with Gasteiger partial charge >= 0.3 is 6.18 Å². The van der Waals surface area contributed by atoms with Crippen LogP contribution in [0.25, 0.3) is 0 Å². The molecule has 2 rings (SSSR count). The van der Waals surface area contributed by atoms with Crippen LogP contribution in [-0.4, -0.2) is 30.8 Å². The maximum absolute atomic E-state index is 13.0. The molecule has 0 spiro atoms. The summed E-state index contributed by atoms with van der Waals surface area (Å²) in [4.78, 5) is 1.76. The van der Waals surface area contributed by atoms with Gasteiger partial charge in [0, 0.05) is 26.7 Å². The van der Waals surface area contributed by atoms with Crippen LogP contribution in [0.3, 0.4) is 0 Å². The number of nitrogens with zero attached hydrogens (tertiary/aromatic N) is 1. The molecule has 1 unspecified atom stereocenters. The molecule has 0 aliphatic carbocycles. The smallest absolute Gasteiger partial charge is 0.371 e. The first kappa shape index (κ1) is 17.5. The van der Waals surface area contributed by atoms with Crippen molar-refractivity contribution in [2.24, 2.45) is 0 Å². The molecule has 0 saturated carbocycles. The predicted molar refractivity (Wildman–Crippen MR) is 83.9 cm³/mol. The van der Waals surface area contributed by atoms with E-state index in [0.717, 1.165) is 18.2 Å². The average Bonchev–Trinajstić information content (AvgIpc) is 2.53. The van der Waals surface area contributed by atoms with Gasteiger partial charge in [0.2, 0.25) is 0 Å². The van der Waals surface area contributed by atoms with Crippen molar-refractivity contribution in [3.63, 3.8) is 0 Å². The van der Waals surface area contributed by atoms with E-state index in [0.29, 0.717) is 13.1 Å². The second kappa shape index (κ2) is 8.13. The zero-order chi connectivity index (χ0) is 16.7. The van der Waals surface area contributed by atoms with Crippen molar-refractivity contribution in [2.75, 3.05) is 13.7 Å². The molecule has 0 N–H and O–H groups in total. The van der Waals surface area contributed by atoms with Crippen LogP contribution in [-0.2, 0) is 17.8 Å². The van der Waals surface area contributed by atoms with Crippen LogP contribution >= 0.6 is 0 Å². The quantitative estimate of drug-likeness (QED) is 0.754. The van der Waals surface area contributed by atoms with Gasteiger partial charge in [-0.1, -0.05) is 60.7 Å². The molecule has 0 aliphatic rings. The standard InChI is InChI=1S/C18H20F3NO/c1-23-17(18(19,20)21)14-22(12-15-8-4-2-5-9-15)13-16-10-6-3-7-11-16/h2-11,17H,12-14H2,1H3. The molecule has 1 atom stereocenters. The van der Waals surface area contributed by atoms with Crippen molar-refractivity contribution in [2.45, 2.75) is 25.4 Å². The fourth-order valence-electron chi connectivity index (χ4n) is 2.41. The Kier molecular flexibility index (Phi) is 6.19. The summed E-state index contributed by atoms with van der Waals surface area (Å²) in [5, 5.41) is 0. The number of methoxy groups -OCH3 is 1. The monoisotopic (exact) mass is 323 g/mol. The zero-order valence-electron chi connectivity index (χ0n) is 13.0. The van der Waals surface area contributed by atoms with Gasteiger partial charge in [-0.15, -0.1) is 0 Å². The minimum absolute atomic E-state index is 0.205. The summed E-state index contributed by atoms with van der Waals surface area (Å²) in [5.74, 6) is 0. The van der Waals surface area contributed by atoms with Gasteiger partial charge in [0.25, 0.3) is 0 Å². The van der Waals surface area contributed by atoms with Gasteiger partial charge in [-0.05, 0) is 11.1 Å². The Morgan fingerprint density at radius 2 is 1.30 bits per heavy atom. The maximum Gasteiger partial charge on any atom is 0.415 e. The molecule has 0 saturated heterocycles. The highest BCUT2D eigenvalue weighted by atomic mass is 19.4. The molecule has 23 heavy (non-hydrogen) atoms. The normalized spacial score (nSPS) is 13.3. The molecule has 0 aromatic heterocycles. The molecule has 0 fully saturated rings. The Balaban J connectivity index is 2.13. The molecule has 0 bridgehead atoms. The average molecular weight is 323 g/mol. The van der Waals surface area contributed by atoms with E-state index in [2.05, 4.69) is 4.74 Å². The van der Waals surface area contributed by atoms with Crippen LogP contribution in [0.4, 0.5) is 13.2 Å². The highest BCUT2D eigenvalue weighted by molar-refractivity contribution is 5.17. The Bertz CT molecular complexity index is 530. The van der Waals surface area contributed by atoms with Crippen molar-refractivity contribution >= 4 is 0 Å². The Labute approximate surface area is 134 Å². The van der Waals surface area contributed by atoms with E-state index >= 15 is 0 Å². The molecular formula is C18H20F3NO. The summed E-state index contributed by atoms with van der Waals surface area (Å²) in [7, 11) is 1.10. The Morgan fingerprint density at radius 1 is 0.870 bits per heavy atom. The van der Waals surface area contributed by atoms with Gasteiger partial charge < -0.3 is 4.74 Å². The van der Waals surface area contributed by atoms with Crippen molar-refractivity contribution in [1.82, 2.24) is 4.90 Å². The Hall–Kier alpha value is -1.85. The van der Waals surface area contributed by atoms with Crippen molar-refractivity contribution < 1.29 is 17.9 Å². The van der Waals surface area contributed by atoms with Crippen LogP contribution in [0.2, 0.25) is 0 Å². The first-order valence-electron chi connectivity index (χ1n) is 7.38. The van der Waals surface area contributed by atoms with E-state index in [1.165, 1.54) is 0 Å². The summed E-state index contributed by atoms with van der Waals surface area (Å²) in [6.45, 7) is 0.668. The van der Waals surface area contributed by atoms with E-state index in [-0.39, 0.29) is 6.54 Å². The number of benzene rings is 2. The third-order valence-corrected chi connectivity index (χ3v) is 3.57.